The zero-order chi connectivity index (χ0) is 18.5. The second-order valence-electron chi connectivity index (χ2n) is 7.00. The van der Waals surface area contributed by atoms with Crippen molar-refractivity contribution in [1.29, 1.82) is 0 Å². The average Bonchev–Trinajstić information content (AvgIpc) is 3.37. The Morgan fingerprint density at radius 3 is 2.62 bits per heavy atom. The number of nitrogens with one attached hydrogen (secondary N) is 2. The number of halogens is 2. The lowest BCUT2D eigenvalue weighted by atomic mass is 10.2. The minimum Gasteiger partial charge on any atom is -0.365 e. The molecule has 0 bridgehead atoms. The molecule has 0 spiro atoms. The molecule has 2 N–H and O–H groups in total. The largest absolute Gasteiger partial charge is 0.365 e. The van der Waals surface area contributed by atoms with Crippen LogP contribution in [-0.4, -0.2) is 62.7 Å². The summed E-state index contributed by atoms with van der Waals surface area (Å²) in [6.07, 6.45) is 3.44. The first-order valence-corrected chi connectivity index (χ1v) is 9.52. The lowest BCUT2D eigenvalue weighted by Crippen LogP contribution is -2.46. The Labute approximate surface area is 154 Å². The first-order valence-electron chi connectivity index (χ1n) is 9.52. The molecule has 0 amide bonds. The number of anilines is 1. The van der Waals surface area contributed by atoms with Gasteiger partial charge in [0.15, 0.2) is 5.96 Å². The fraction of sp³-hybridized carbons (Fsp3) is 0.632. The van der Waals surface area contributed by atoms with Crippen molar-refractivity contribution in [2.75, 3.05) is 44.7 Å². The van der Waals surface area contributed by atoms with Crippen LogP contribution < -0.4 is 15.5 Å². The smallest absolute Gasteiger partial charge is 0.191 e. The fourth-order valence-electron chi connectivity index (χ4n) is 3.62. The van der Waals surface area contributed by atoms with E-state index in [0.717, 1.165) is 38.1 Å². The van der Waals surface area contributed by atoms with Gasteiger partial charge >= 0.3 is 0 Å². The summed E-state index contributed by atoms with van der Waals surface area (Å²) in [6, 6.07) is 4.88. The highest BCUT2D eigenvalue weighted by atomic mass is 19.1. The summed E-state index contributed by atoms with van der Waals surface area (Å²) in [5, 5.41) is 6.73. The van der Waals surface area contributed by atoms with Crippen molar-refractivity contribution in [3.63, 3.8) is 0 Å². The molecule has 2 aliphatic rings. The van der Waals surface area contributed by atoms with Crippen LogP contribution >= 0.6 is 0 Å². The summed E-state index contributed by atoms with van der Waals surface area (Å²) in [7, 11) is 1.75. The summed E-state index contributed by atoms with van der Waals surface area (Å²) < 4.78 is 27.9. The number of likely N-dealkylation sites (N-methyl/N-ethyl adjacent to an activating group) is 1. The van der Waals surface area contributed by atoms with Crippen molar-refractivity contribution >= 4 is 11.6 Å². The van der Waals surface area contributed by atoms with Crippen LogP contribution in [0, 0.1) is 11.6 Å². The molecular formula is C19H29F2N5. The molecule has 0 radical (unpaired) electrons. The predicted molar refractivity (Wildman–Crippen MR) is 102 cm³/mol. The summed E-state index contributed by atoms with van der Waals surface area (Å²) in [5.41, 5.74) is 0.0720. The van der Waals surface area contributed by atoms with E-state index in [-0.39, 0.29) is 11.7 Å². The highest BCUT2D eigenvalue weighted by Gasteiger charge is 2.28. The number of para-hydroxylation sites is 1. The molecule has 1 unspecified atom stereocenters. The molecule has 2 fully saturated rings. The van der Waals surface area contributed by atoms with Crippen LogP contribution in [0.4, 0.5) is 14.5 Å². The number of benzene rings is 1. The monoisotopic (exact) mass is 365 g/mol. The van der Waals surface area contributed by atoms with Gasteiger partial charge in [-0.25, -0.2) is 8.78 Å². The van der Waals surface area contributed by atoms with E-state index in [9.17, 15) is 8.78 Å². The van der Waals surface area contributed by atoms with Crippen LogP contribution in [0.25, 0.3) is 0 Å². The normalized spacial score (nSPS) is 20.7. The highest BCUT2D eigenvalue weighted by molar-refractivity contribution is 5.80. The van der Waals surface area contributed by atoms with Gasteiger partial charge in [0.2, 0.25) is 0 Å². The first kappa shape index (κ1) is 18.9. The molecule has 1 saturated carbocycles. The molecule has 1 heterocycles. The van der Waals surface area contributed by atoms with Crippen LogP contribution in [0.3, 0.4) is 0 Å². The van der Waals surface area contributed by atoms with E-state index in [1.54, 1.807) is 11.9 Å². The van der Waals surface area contributed by atoms with Gasteiger partial charge in [0, 0.05) is 45.3 Å². The van der Waals surface area contributed by atoms with Crippen LogP contribution in [0.2, 0.25) is 0 Å². The quantitative estimate of drug-likeness (QED) is 0.574. The maximum atomic E-state index is 14.0. The van der Waals surface area contributed by atoms with E-state index >= 15 is 0 Å². The number of aliphatic imine (C=N–C) groups is 1. The van der Waals surface area contributed by atoms with Crippen molar-refractivity contribution < 1.29 is 8.78 Å². The van der Waals surface area contributed by atoms with Gasteiger partial charge in [-0.2, -0.15) is 0 Å². The van der Waals surface area contributed by atoms with E-state index < -0.39 is 11.6 Å². The lowest BCUT2D eigenvalue weighted by molar-refractivity contribution is 0.282. The Balaban J connectivity index is 1.47. The molecule has 144 valence electrons. The predicted octanol–water partition coefficient (Wildman–Crippen LogP) is 2.19. The Morgan fingerprint density at radius 2 is 2.00 bits per heavy atom. The Morgan fingerprint density at radius 1 is 1.27 bits per heavy atom. The number of nitrogens with zero attached hydrogens (tertiary/aromatic N) is 3. The second-order valence-corrected chi connectivity index (χ2v) is 7.00. The third-order valence-electron chi connectivity index (χ3n) is 5.17. The molecule has 26 heavy (non-hydrogen) atoms. The summed E-state index contributed by atoms with van der Waals surface area (Å²) >= 11 is 0. The van der Waals surface area contributed by atoms with Crippen LogP contribution in [-0.2, 0) is 0 Å². The molecule has 1 aromatic rings. The van der Waals surface area contributed by atoms with Crippen LogP contribution in [0.15, 0.2) is 23.2 Å². The minimum absolute atomic E-state index is 0.0720. The number of guanidine groups is 1. The van der Waals surface area contributed by atoms with E-state index in [4.69, 9.17) is 0 Å². The number of hydrogen-bond donors (Lipinski definition) is 2. The molecule has 3 rings (SSSR count). The second kappa shape index (κ2) is 8.66. The standard InChI is InChI=1S/C19H29F2N5/c1-3-25(15-7-8-15)12-10-23-19(22-2)24-14-9-11-26(13-14)18-16(20)5-4-6-17(18)21/h4-6,14-15H,3,7-13H2,1-2H3,(H2,22,23,24). The summed E-state index contributed by atoms with van der Waals surface area (Å²) in [4.78, 5) is 8.53. The van der Waals surface area contributed by atoms with Gasteiger partial charge in [0.05, 0.1) is 0 Å². The van der Waals surface area contributed by atoms with E-state index in [1.807, 2.05) is 0 Å². The lowest BCUT2D eigenvalue weighted by Gasteiger charge is -2.23. The molecular weight excluding hydrogens is 336 g/mol. The Bertz CT molecular complexity index is 612. The van der Waals surface area contributed by atoms with Gasteiger partial charge in [-0.15, -0.1) is 0 Å². The molecule has 0 aromatic heterocycles. The SMILES string of the molecule is CCN(CCNC(=NC)NC1CCN(c2c(F)cccc2F)C1)C1CC1. The van der Waals surface area contributed by atoms with Crippen molar-refractivity contribution in [2.24, 2.45) is 4.99 Å². The molecule has 1 aliphatic carbocycles. The Kier molecular flexibility index (Phi) is 6.29. The third-order valence-corrected chi connectivity index (χ3v) is 5.17. The molecule has 1 aromatic carbocycles. The van der Waals surface area contributed by atoms with Gasteiger partial charge in [0.25, 0.3) is 0 Å². The third kappa shape index (κ3) is 4.63. The molecule has 1 atom stereocenters. The van der Waals surface area contributed by atoms with Crippen molar-refractivity contribution in [3.05, 3.63) is 29.8 Å². The van der Waals surface area contributed by atoms with Crippen LogP contribution in [0.1, 0.15) is 26.2 Å². The molecule has 5 nitrogen and oxygen atoms in total. The van der Waals surface area contributed by atoms with Crippen molar-refractivity contribution in [1.82, 2.24) is 15.5 Å². The molecule has 1 aliphatic heterocycles. The molecule has 7 heteroatoms. The van der Waals surface area contributed by atoms with Crippen molar-refractivity contribution in [3.8, 4) is 0 Å². The van der Waals surface area contributed by atoms with Crippen LogP contribution in [0.5, 0.6) is 0 Å². The van der Waals surface area contributed by atoms with E-state index in [2.05, 4.69) is 27.4 Å². The zero-order valence-corrected chi connectivity index (χ0v) is 15.6. The Hall–Kier alpha value is -1.89. The van der Waals surface area contributed by atoms with E-state index in [0.29, 0.717) is 13.1 Å². The molecule has 1 saturated heterocycles. The van der Waals surface area contributed by atoms with Gasteiger partial charge in [-0.1, -0.05) is 13.0 Å². The van der Waals surface area contributed by atoms with Gasteiger partial charge < -0.3 is 15.5 Å². The van der Waals surface area contributed by atoms with Gasteiger partial charge in [-0.05, 0) is 37.9 Å². The maximum Gasteiger partial charge on any atom is 0.191 e. The number of rotatable bonds is 7. The zero-order valence-electron chi connectivity index (χ0n) is 15.6. The summed E-state index contributed by atoms with van der Waals surface area (Å²) in [5.74, 6) is -0.265. The maximum absolute atomic E-state index is 14.0. The van der Waals surface area contributed by atoms with E-state index in [1.165, 1.54) is 31.0 Å². The fourth-order valence-corrected chi connectivity index (χ4v) is 3.62. The highest BCUT2D eigenvalue weighted by Crippen LogP contribution is 2.27. The van der Waals surface area contributed by atoms with Gasteiger partial charge in [-0.3, -0.25) is 9.89 Å². The van der Waals surface area contributed by atoms with Gasteiger partial charge in [0.1, 0.15) is 17.3 Å². The van der Waals surface area contributed by atoms with Crippen molar-refractivity contribution in [2.45, 2.75) is 38.3 Å². The summed E-state index contributed by atoms with van der Waals surface area (Å²) in [6.45, 7) is 6.28. The first-order chi connectivity index (χ1) is 12.6. The minimum atomic E-state index is -0.507. The average molecular weight is 365 g/mol. The topological polar surface area (TPSA) is 42.9 Å². The number of hydrogen-bond acceptors (Lipinski definition) is 3.